The monoisotopic (exact) mass is 328 g/mol. The number of furan rings is 1. The molecule has 1 saturated heterocycles. The van der Waals surface area contributed by atoms with Crippen LogP contribution in [0.25, 0.3) is 11.7 Å². The van der Waals surface area contributed by atoms with Gasteiger partial charge in [-0.25, -0.2) is 4.98 Å². The fourth-order valence-corrected chi connectivity index (χ4v) is 2.94. The summed E-state index contributed by atoms with van der Waals surface area (Å²) in [4.78, 5) is 6.93. The lowest BCUT2D eigenvalue weighted by molar-refractivity contribution is -0.0406. The summed E-state index contributed by atoms with van der Waals surface area (Å²) in [7, 11) is 0. The Bertz CT molecular complexity index is 764. The lowest BCUT2D eigenvalue weighted by Gasteiger charge is -2.32. The van der Waals surface area contributed by atoms with E-state index in [0.717, 1.165) is 37.6 Å². The standard InChI is InChI=1S/C17H20N4O3/c1-13-15(19-17(24-13)16-4-2-8-23-16)12-20-7-9-22-14(10-20)11-21-6-3-5-18-21/h2-6,8,14H,7,9-12H2,1H3/t14-/m1/s1. The molecule has 126 valence electrons. The topological polar surface area (TPSA) is 69.5 Å². The van der Waals surface area contributed by atoms with E-state index in [4.69, 9.17) is 13.6 Å². The average molecular weight is 328 g/mol. The Morgan fingerprint density at radius 1 is 1.33 bits per heavy atom. The highest BCUT2D eigenvalue weighted by atomic mass is 16.5. The third kappa shape index (κ3) is 3.27. The van der Waals surface area contributed by atoms with Gasteiger partial charge < -0.3 is 13.6 Å². The van der Waals surface area contributed by atoms with Crippen LogP contribution < -0.4 is 0 Å². The van der Waals surface area contributed by atoms with Crippen LogP contribution in [0.2, 0.25) is 0 Å². The fraction of sp³-hybridized carbons (Fsp3) is 0.412. The summed E-state index contributed by atoms with van der Waals surface area (Å²) in [6, 6.07) is 5.61. The second kappa shape index (κ2) is 6.62. The van der Waals surface area contributed by atoms with Gasteiger partial charge in [-0.1, -0.05) is 0 Å². The van der Waals surface area contributed by atoms with E-state index in [1.54, 1.807) is 12.5 Å². The molecule has 0 N–H and O–H groups in total. The third-order valence-corrected chi connectivity index (χ3v) is 4.17. The third-order valence-electron chi connectivity index (χ3n) is 4.17. The molecule has 0 aromatic carbocycles. The number of hydrogen-bond acceptors (Lipinski definition) is 6. The maximum absolute atomic E-state index is 5.85. The zero-order chi connectivity index (χ0) is 16.4. The van der Waals surface area contributed by atoms with Crippen LogP contribution in [0, 0.1) is 6.92 Å². The van der Waals surface area contributed by atoms with Crippen molar-refractivity contribution in [2.75, 3.05) is 19.7 Å². The van der Waals surface area contributed by atoms with Crippen LogP contribution in [0.4, 0.5) is 0 Å². The summed E-state index contributed by atoms with van der Waals surface area (Å²) in [5.41, 5.74) is 0.945. The van der Waals surface area contributed by atoms with Crippen molar-refractivity contribution >= 4 is 0 Å². The molecule has 0 radical (unpaired) electrons. The zero-order valence-electron chi connectivity index (χ0n) is 13.6. The number of morpholine rings is 1. The second-order valence-corrected chi connectivity index (χ2v) is 5.96. The van der Waals surface area contributed by atoms with Gasteiger partial charge in [-0.15, -0.1) is 0 Å². The normalized spacial score (nSPS) is 19.0. The maximum atomic E-state index is 5.85. The van der Waals surface area contributed by atoms with Gasteiger partial charge in [0.2, 0.25) is 0 Å². The van der Waals surface area contributed by atoms with Gasteiger partial charge in [0.1, 0.15) is 5.76 Å². The maximum Gasteiger partial charge on any atom is 0.263 e. The van der Waals surface area contributed by atoms with E-state index in [-0.39, 0.29) is 6.10 Å². The second-order valence-electron chi connectivity index (χ2n) is 5.96. The number of aryl methyl sites for hydroxylation is 1. The van der Waals surface area contributed by atoms with Crippen LogP contribution in [-0.4, -0.2) is 45.5 Å². The minimum atomic E-state index is 0.135. The Morgan fingerprint density at radius 3 is 3.08 bits per heavy atom. The summed E-state index contributed by atoms with van der Waals surface area (Å²) in [6.07, 6.45) is 5.50. The first-order chi connectivity index (χ1) is 11.8. The minimum Gasteiger partial charge on any atom is -0.459 e. The molecule has 0 spiro atoms. The van der Waals surface area contributed by atoms with E-state index in [0.29, 0.717) is 18.3 Å². The van der Waals surface area contributed by atoms with Crippen LogP contribution in [0.15, 0.2) is 45.7 Å². The van der Waals surface area contributed by atoms with Gasteiger partial charge in [0.05, 0.1) is 31.2 Å². The van der Waals surface area contributed by atoms with Crippen LogP contribution in [-0.2, 0) is 17.8 Å². The Kier molecular flexibility index (Phi) is 4.18. The van der Waals surface area contributed by atoms with E-state index in [1.807, 2.05) is 36.0 Å². The molecular weight excluding hydrogens is 308 g/mol. The van der Waals surface area contributed by atoms with Crippen molar-refractivity contribution in [3.63, 3.8) is 0 Å². The smallest absolute Gasteiger partial charge is 0.263 e. The Morgan fingerprint density at radius 2 is 2.29 bits per heavy atom. The molecule has 4 heterocycles. The first-order valence-electron chi connectivity index (χ1n) is 8.09. The molecule has 0 bridgehead atoms. The largest absolute Gasteiger partial charge is 0.459 e. The van der Waals surface area contributed by atoms with Gasteiger partial charge in [0, 0.05) is 32.0 Å². The van der Waals surface area contributed by atoms with Crippen LogP contribution in [0.3, 0.4) is 0 Å². The predicted molar refractivity (Wildman–Crippen MR) is 86.2 cm³/mol. The zero-order valence-corrected chi connectivity index (χ0v) is 13.6. The van der Waals surface area contributed by atoms with Gasteiger partial charge >= 0.3 is 0 Å². The van der Waals surface area contributed by atoms with Crippen molar-refractivity contribution in [1.29, 1.82) is 0 Å². The molecular formula is C17H20N4O3. The lowest BCUT2D eigenvalue weighted by Crippen LogP contribution is -2.43. The van der Waals surface area contributed by atoms with E-state index >= 15 is 0 Å². The summed E-state index contributed by atoms with van der Waals surface area (Å²) >= 11 is 0. The number of rotatable bonds is 5. The molecule has 3 aromatic rings. The molecule has 3 aromatic heterocycles. The van der Waals surface area contributed by atoms with Gasteiger partial charge in [0.15, 0.2) is 5.76 Å². The first kappa shape index (κ1) is 15.2. The van der Waals surface area contributed by atoms with Crippen molar-refractivity contribution in [2.45, 2.75) is 26.1 Å². The molecule has 1 aliphatic rings. The quantitative estimate of drug-likeness (QED) is 0.716. The first-order valence-corrected chi connectivity index (χ1v) is 8.09. The summed E-state index contributed by atoms with van der Waals surface area (Å²) in [6.45, 7) is 5.90. The van der Waals surface area contributed by atoms with Gasteiger partial charge in [-0.2, -0.15) is 5.10 Å². The molecule has 0 unspecified atom stereocenters. The molecule has 1 fully saturated rings. The Hall–Kier alpha value is -2.38. The summed E-state index contributed by atoms with van der Waals surface area (Å²) in [5.74, 6) is 2.02. The summed E-state index contributed by atoms with van der Waals surface area (Å²) in [5, 5.41) is 4.25. The molecule has 1 atom stereocenters. The van der Waals surface area contributed by atoms with Crippen molar-refractivity contribution in [1.82, 2.24) is 19.7 Å². The fourth-order valence-electron chi connectivity index (χ4n) is 2.94. The molecule has 1 aliphatic heterocycles. The average Bonchev–Trinajstić information content (AvgIpc) is 3.31. The number of oxazole rings is 1. The van der Waals surface area contributed by atoms with E-state index in [1.165, 1.54) is 0 Å². The van der Waals surface area contributed by atoms with Crippen LogP contribution in [0.5, 0.6) is 0 Å². The molecule has 7 nitrogen and oxygen atoms in total. The van der Waals surface area contributed by atoms with Gasteiger partial charge in [-0.3, -0.25) is 9.58 Å². The van der Waals surface area contributed by atoms with Gasteiger partial charge in [0.25, 0.3) is 5.89 Å². The van der Waals surface area contributed by atoms with Crippen molar-refractivity contribution in [3.8, 4) is 11.7 Å². The van der Waals surface area contributed by atoms with Gasteiger partial charge in [-0.05, 0) is 25.1 Å². The van der Waals surface area contributed by atoms with E-state index < -0.39 is 0 Å². The van der Waals surface area contributed by atoms with E-state index in [2.05, 4.69) is 15.0 Å². The molecule has 7 heteroatoms. The highest BCUT2D eigenvalue weighted by Crippen LogP contribution is 2.23. The van der Waals surface area contributed by atoms with E-state index in [9.17, 15) is 0 Å². The lowest BCUT2D eigenvalue weighted by atomic mass is 10.2. The number of hydrogen-bond donors (Lipinski definition) is 0. The Labute approximate surface area is 139 Å². The molecule has 0 aliphatic carbocycles. The SMILES string of the molecule is Cc1oc(-c2ccco2)nc1CN1CCO[C@@H](Cn2cccn2)C1. The highest BCUT2D eigenvalue weighted by molar-refractivity contribution is 5.44. The van der Waals surface area contributed by atoms with Crippen molar-refractivity contribution < 1.29 is 13.6 Å². The molecule has 4 rings (SSSR count). The number of aromatic nitrogens is 3. The van der Waals surface area contributed by atoms with Crippen molar-refractivity contribution in [2.24, 2.45) is 0 Å². The molecule has 0 amide bonds. The Balaban J connectivity index is 1.41. The minimum absolute atomic E-state index is 0.135. The molecule has 0 saturated carbocycles. The number of nitrogens with zero attached hydrogens (tertiary/aromatic N) is 4. The van der Waals surface area contributed by atoms with Crippen molar-refractivity contribution in [3.05, 3.63) is 48.3 Å². The molecule has 24 heavy (non-hydrogen) atoms. The van der Waals surface area contributed by atoms with Crippen LogP contribution >= 0.6 is 0 Å². The van der Waals surface area contributed by atoms with Crippen LogP contribution in [0.1, 0.15) is 11.5 Å². The summed E-state index contributed by atoms with van der Waals surface area (Å²) < 4.78 is 18.8. The number of ether oxygens (including phenoxy) is 1. The predicted octanol–water partition coefficient (Wildman–Crippen LogP) is 2.34. The highest BCUT2D eigenvalue weighted by Gasteiger charge is 2.23.